The first-order valence-electron chi connectivity index (χ1n) is 32.9. The van der Waals surface area contributed by atoms with Crippen molar-refractivity contribution < 1.29 is 4.42 Å². The molecular formula is C90H54N6O. The molecule has 0 radical (unpaired) electrons. The molecular weight excluding hydrogens is 1180 g/mol. The molecule has 0 atom stereocenters. The number of para-hydroxylation sites is 4. The molecule has 0 fully saturated rings. The van der Waals surface area contributed by atoms with Crippen LogP contribution in [0.4, 0.5) is 0 Å². The number of benzene rings is 14. The van der Waals surface area contributed by atoms with E-state index >= 15 is 0 Å². The molecule has 7 heteroatoms. The van der Waals surface area contributed by atoms with Crippen LogP contribution in [0, 0.1) is 11.3 Å². The Bertz CT molecular complexity index is 6340. The Labute approximate surface area is 556 Å². The molecule has 0 aliphatic heterocycles. The van der Waals surface area contributed by atoms with Crippen molar-refractivity contribution >= 4 is 109 Å². The number of fused-ring (bicyclic) bond motifs is 15. The summed E-state index contributed by atoms with van der Waals surface area (Å²) in [6.07, 6.45) is 3.70. The van der Waals surface area contributed by atoms with Gasteiger partial charge in [-0.15, -0.1) is 0 Å². The van der Waals surface area contributed by atoms with E-state index in [1.165, 1.54) is 0 Å². The first-order valence-corrected chi connectivity index (χ1v) is 32.9. The number of hydrogen-bond acceptors (Lipinski definition) is 3. The quantitative estimate of drug-likeness (QED) is 0.145. The summed E-state index contributed by atoms with van der Waals surface area (Å²) in [7, 11) is 0. The zero-order chi connectivity index (χ0) is 63.8. The zero-order valence-corrected chi connectivity index (χ0v) is 52.3. The van der Waals surface area contributed by atoms with Gasteiger partial charge in [-0.25, -0.2) is 0 Å². The van der Waals surface area contributed by atoms with Crippen LogP contribution in [0.3, 0.4) is 0 Å². The standard InChI is InChI=1S/C90H54N6O/c91-54-70-87(93-72-41-17-13-33-66(72)83-61(37-21-45-76(83)93)56-25-5-1-6-26-56)89(95-74-43-19-15-35-68(74)85-63(39-23-47-78(85)95)58-29-9-3-10-30-58)82(60-49-50-65-71-55-92-52-51-80(71)97-81(65)53-60)90(96-75-44-20-16-36-69(75)86-64(40-24-48-79(86)96)59-31-11-4-12-32-59)88(70)94-73-42-18-14-34-67(73)84-62(38-22-46-77(84)94)57-27-7-2-8-28-57/h1-53,55H. The summed E-state index contributed by atoms with van der Waals surface area (Å²) in [6, 6.07) is 117. The maximum Gasteiger partial charge on any atom is 0.138 e. The number of nitriles is 1. The normalized spacial score (nSPS) is 11.9. The number of hydrogen-bond donors (Lipinski definition) is 0. The molecule has 6 heterocycles. The molecule has 0 N–H and O–H groups in total. The highest BCUT2D eigenvalue weighted by atomic mass is 16.3. The Morgan fingerprint density at radius 2 is 0.598 bits per heavy atom. The van der Waals surface area contributed by atoms with E-state index in [1.54, 1.807) is 6.20 Å². The van der Waals surface area contributed by atoms with Gasteiger partial charge in [-0.05, 0) is 117 Å². The van der Waals surface area contributed by atoms with Crippen LogP contribution in [0.25, 0.3) is 188 Å². The molecule has 6 aromatic heterocycles. The van der Waals surface area contributed by atoms with E-state index < -0.39 is 0 Å². The minimum Gasteiger partial charge on any atom is -0.456 e. The number of pyridine rings is 1. The topological polar surface area (TPSA) is 69.5 Å². The summed E-state index contributed by atoms with van der Waals surface area (Å²) in [5.41, 5.74) is 23.2. The van der Waals surface area contributed by atoms with Crippen LogP contribution >= 0.6 is 0 Å². The van der Waals surface area contributed by atoms with Gasteiger partial charge < -0.3 is 22.7 Å². The first-order chi connectivity index (χ1) is 48.2. The summed E-state index contributed by atoms with van der Waals surface area (Å²) < 4.78 is 16.9. The first kappa shape index (κ1) is 54.3. The Balaban J connectivity index is 1.11. The summed E-state index contributed by atoms with van der Waals surface area (Å²) in [6.45, 7) is 0. The van der Waals surface area contributed by atoms with E-state index in [9.17, 15) is 5.26 Å². The van der Waals surface area contributed by atoms with E-state index in [1.807, 2.05) is 12.3 Å². The van der Waals surface area contributed by atoms with E-state index in [4.69, 9.17) is 4.42 Å². The van der Waals surface area contributed by atoms with Crippen molar-refractivity contribution in [1.82, 2.24) is 23.3 Å². The molecule has 20 aromatic rings. The predicted molar refractivity (Wildman–Crippen MR) is 401 cm³/mol. The van der Waals surface area contributed by atoms with E-state index in [2.05, 4.69) is 339 Å². The second kappa shape index (κ2) is 21.4. The molecule has 0 saturated heterocycles. The van der Waals surface area contributed by atoms with Crippen LogP contribution in [0.5, 0.6) is 0 Å². The van der Waals surface area contributed by atoms with Crippen LogP contribution < -0.4 is 0 Å². The fourth-order valence-electron chi connectivity index (χ4n) is 16.2. The SMILES string of the molecule is N#Cc1c(-n2c3ccccc3c3c(-c4ccccc4)cccc32)c(-n2c3ccccc3c3c(-c4ccccc4)cccc32)c(-c2ccc3c(c2)oc2ccncc23)c(-n2c3ccccc3c3c(-c4ccccc4)cccc32)c1-n1c2ccccc2c2c(-c3ccccc3)cccc21. The Kier molecular flexibility index (Phi) is 12.0. The van der Waals surface area contributed by atoms with Crippen molar-refractivity contribution in [3.05, 3.63) is 333 Å². The summed E-state index contributed by atoms with van der Waals surface area (Å²) in [5, 5.41) is 24.1. The smallest absolute Gasteiger partial charge is 0.138 e. The average Bonchev–Trinajstić information content (AvgIpc) is 1.58. The van der Waals surface area contributed by atoms with Gasteiger partial charge in [-0.3, -0.25) is 4.98 Å². The van der Waals surface area contributed by atoms with Crippen molar-refractivity contribution in [3.8, 4) is 84.5 Å². The van der Waals surface area contributed by atoms with Crippen LogP contribution in [-0.4, -0.2) is 23.3 Å². The monoisotopic (exact) mass is 1230 g/mol. The largest absolute Gasteiger partial charge is 0.456 e. The molecule has 0 bridgehead atoms. The summed E-state index contributed by atoms with van der Waals surface area (Å²) in [4.78, 5) is 4.63. The van der Waals surface area contributed by atoms with Crippen LogP contribution in [0.1, 0.15) is 5.56 Å². The van der Waals surface area contributed by atoms with Gasteiger partial charge in [0.25, 0.3) is 0 Å². The van der Waals surface area contributed by atoms with Crippen molar-refractivity contribution in [2.24, 2.45) is 0 Å². The molecule has 7 nitrogen and oxygen atoms in total. The lowest BCUT2D eigenvalue weighted by Gasteiger charge is -2.29. The highest BCUT2D eigenvalue weighted by Crippen LogP contribution is 2.54. The maximum absolute atomic E-state index is 13.6. The molecule has 0 aliphatic carbocycles. The van der Waals surface area contributed by atoms with Gasteiger partial charge in [0.15, 0.2) is 0 Å². The molecule has 0 amide bonds. The maximum atomic E-state index is 13.6. The number of furan rings is 1. The van der Waals surface area contributed by atoms with Crippen LogP contribution in [-0.2, 0) is 0 Å². The Morgan fingerprint density at radius 3 is 0.959 bits per heavy atom. The molecule has 14 aromatic carbocycles. The zero-order valence-electron chi connectivity index (χ0n) is 52.3. The van der Waals surface area contributed by atoms with Crippen molar-refractivity contribution in [3.63, 3.8) is 0 Å². The number of nitrogens with zero attached hydrogens (tertiary/aromatic N) is 6. The molecule has 0 saturated carbocycles. The summed E-state index contributed by atoms with van der Waals surface area (Å²) >= 11 is 0. The lowest BCUT2D eigenvalue weighted by molar-refractivity contribution is 0.668. The van der Waals surface area contributed by atoms with Gasteiger partial charge >= 0.3 is 0 Å². The average molecular weight is 1240 g/mol. The summed E-state index contributed by atoms with van der Waals surface area (Å²) in [5.74, 6) is 0. The molecule has 20 rings (SSSR count). The van der Waals surface area contributed by atoms with Crippen LogP contribution in [0.2, 0.25) is 0 Å². The van der Waals surface area contributed by atoms with Crippen molar-refractivity contribution in [2.75, 3.05) is 0 Å². The van der Waals surface area contributed by atoms with Gasteiger partial charge in [0.1, 0.15) is 22.8 Å². The van der Waals surface area contributed by atoms with E-state index in [0.717, 1.165) is 171 Å². The molecule has 0 unspecified atom stereocenters. The van der Waals surface area contributed by atoms with Crippen molar-refractivity contribution in [1.29, 1.82) is 5.26 Å². The van der Waals surface area contributed by atoms with Gasteiger partial charge in [0.05, 0.1) is 66.9 Å². The van der Waals surface area contributed by atoms with Crippen molar-refractivity contribution in [2.45, 2.75) is 0 Å². The van der Waals surface area contributed by atoms with Gasteiger partial charge in [0.2, 0.25) is 0 Å². The van der Waals surface area contributed by atoms with Gasteiger partial charge in [0, 0.05) is 71.8 Å². The molecule has 450 valence electrons. The second-order valence-corrected chi connectivity index (χ2v) is 25.1. The number of aromatic nitrogens is 5. The number of rotatable bonds is 9. The van der Waals surface area contributed by atoms with Gasteiger partial charge in [-0.2, -0.15) is 5.26 Å². The fourth-order valence-corrected chi connectivity index (χ4v) is 16.2. The lowest BCUT2D eigenvalue weighted by Crippen LogP contribution is -2.16. The fraction of sp³-hybridized carbons (Fsp3) is 0. The third-order valence-electron chi connectivity index (χ3n) is 20.1. The second-order valence-electron chi connectivity index (χ2n) is 25.1. The lowest BCUT2D eigenvalue weighted by atomic mass is 9.92. The molecule has 97 heavy (non-hydrogen) atoms. The third-order valence-corrected chi connectivity index (χ3v) is 20.1. The third kappa shape index (κ3) is 7.93. The minimum absolute atomic E-state index is 0.473. The molecule has 0 spiro atoms. The van der Waals surface area contributed by atoms with Gasteiger partial charge in [-0.1, -0.05) is 249 Å². The highest BCUT2D eigenvalue weighted by molar-refractivity contribution is 6.23. The van der Waals surface area contributed by atoms with Crippen LogP contribution in [0.15, 0.2) is 332 Å². The predicted octanol–water partition coefficient (Wildman–Crippen LogP) is 23.6. The Hall–Kier alpha value is -13.3. The highest BCUT2D eigenvalue weighted by Gasteiger charge is 2.36. The van der Waals surface area contributed by atoms with E-state index in [-0.39, 0.29) is 0 Å². The Morgan fingerprint density at radius 1 is 0.268 bits per heavy atom. The minimum atomic E-state index is 0.473. The molecule has 0 aliphatic rings. The van der Waals surface area contributed by atoms with E-state index in [0.29, 0.717) is 22.5 Å².